The molecule has 0 aliphatic carbocycles. The Bertz CT molecular complexity index is 668. The second-order valence-electron chi connectivity index (χ2n) is 3.64. The van der Waals surface area contributed by atoms with Gasteiger partial charge in [0.1, 0.15) is 12.4 Å². The van der Waals surface area contributed by atoms with Crippen molar-refractivity contribution >= 4 is 17.2 Å². The fourth-order valence-electron chi connectivity index (χ4n) is 1.61. The molecule has 0 saturated heterocycles. The lowest BCUT2D eigenvalue weighted by atomic mass is 10.4. The van der Waals surface area contributed by atoms with E-state index in [0.29, 0.717) is 28.9 Å². The van der Waals surface area contributed by atoms with Crippen LogP contribution in [0.3, 0.4) is 0 Å². The van der Waals surface area contributed by atoms with Crippen molar-refractivity contribution in [2.45, 2.75) is 6.61 Å². The summed E-state index contributed by atoms with van der Waals surface area (Å²) in [4.78, 5) is 3.97. The van der Waals surface area contributed by atoms with E-state index in [-0.39, 0.29) is 0 Å². The van der Waals surface area contributed by atoms with Crippen molar-refractivity contribution in [1.29, 1.82) is 0 Å². The SMILES string of the molecule is Clc1cccn2c(COc3cccnc3)nnc12. The standard InChI is InChI=1S/C12H9ClN4O/c13-10-4-2-6-17-11(15-16-12(10)17)8-18-9-3-1-5-14-7-9/h1-7H,8H2. The van der Waals surface area contributed by atoms with Crippen LogP contribution in [0.25, 0.3) is 5.65 Å². The van der Waals surface area contributed by atoms with E-state index in [1.165, 1.54) is 0 Å². The van der Waals surface area contributed by atoms with Crippen LogP contribution in [0.4, 0.5) is 0 Å². The van der Waals surface area contributed by atoms with Gasteiger partial charge in [0.2, 0.25) is 0 Å². The summed E-state index contributed by atoms with van der Waals surface area (Å²) in [5.74, 6) is 1.38. The molecule has 3 aromatic rings. The Hall–Kier alpha value is -2.14. The molecule has 0 spiro atoms. The molecule has 18 heavy (non-hydrogen) atoms. The number of aromatic nitrogens is 4. The molecule has 3 heterocycles. The molecule has 90 valence electrons. The smallest absolute Gasteiger partial charge is 0.179 e. The van der Waals surface area contributed by atoms with Gasteiger partial charge in [0.25, 0.3) is 0 Å². The van der Waals surface area contributed by atoms with Crippen LogP contribution < -0.4 is 4.74 Å². The monoisotopic (exact) mass is 260 g/mol. The van der Waals surface area contributed by atoms with E-state index in [2.05, 4.69) is 15.2 Å². The van der Waals surface area contributed by atoms with Gasteiger partial charge in [-0.2, -0.15) is 0 Å². The second-order valence-corrected chi connectivity index (χ2v) is 4.05. The minimum Gasteiger partial charge on any atom is -0.484 e. The van der Waals surface area contributed by atoms with Crippen LogP contribution in [0.5, 0.6) is 5.75 Å². The average molecular weight is 261 g/mol. The zero-order valence-electron chi connectivity index (χ0n) is 9.32. The van der Waals surface area contributed by atoms with Crippen LogP contribution in [0.1, 0.15) is 5.82 Å². The zero-order valence-corrected chi connectivity index (χ0v) is 10.1. The summed E-state index contributed by atoms with van der Waals surface area (Å²) in [6, 6.07) is 7.26. The van der Waals surface area contributed by atoms with E-state index >= 15 is 0 Å². The van der Waals surface area contributed by atoms with Crippen molar-refractivity contribution in [2.75, 3.05) is 0 Å². The Morgan fingerprint density at radius 3 is 3.00 bits per heavy atom. The lowest BCUT2D eigenvalue weighted by Crippen LogP contribution is -2.01. The zero-order chi connectivity index (χ0) is 12.4. The average Bonchev–Trinajstić information content (AvgIpc) is 2.82. The summed E-state index contributed by atoms with van der Waals surface area (Å²) in [6.45, 7) is 0.313. The van der Waals surface area contributed by atoms with Gasteiger partial charge in [0, 0.05) is 12.4 Å². The molecule has 6 heteroatoms. The number of halogens is 1. The Labute approximate surface area is 108 Å². The van der Waals surface area contributed by atoms with Gasteiger partial charge in [0.05, 0.1) is 11.2 Å². The third-order valence-electron chi connectivity index (χ3n) is 2.46. The molecule has 0 atom stereocenters. The van der Waals surface area contributed by atoms with Crippen LogP contribution in [-0.2, 0) is 6.61 Å². The molecule has 0 N–H and O–H groups in total. The Morgan fingerprint density at radius 1 is 1.22 bits per heavy atom. The Kier molecular flexibility index (Phi) is 2.82. The summed E-state index contributed by atoms with van der Waals surface area (Å²) in [5.41, 5.74) is 0.629. The fraction of sp³-hybridized carbons (Fsp3) is 0.0833. The maximum absolute atomic E-state index is 6.01. The van der Waals surface area contributed by atoms with Gasteiger partial charge in [-0.1, -0.05) is 11.6 Å². The number of pyridine rings is 2. The first-order chi connectivity index (χ1) is 8.84. The van der Waals surface area contributed by atoms with Gasteiger partial charge in [-0.25, -0.2) is 0 Å². The highest BCUT2D eigenvalue weighted by atomic mass is 35.5. The highest BCUT2D eigenvalue weighted by Gasteiger charge is 2.08. The molecule has 3 aromatic heterocycles. The molecule has 3 rings (SSSR count). The van der Waals surface area contributed by atoms with Crippen molar-refractivity contribution in [2.24, 2.45) is 0 Å². The van der Waals surface area contributed by atoms with Crippen LogP contribution >= 0.6 is 11.6 Å². The predicted octanol–water partition coefficient (Wildman–Crippen LogP) is 2.36. The van der Waals surface area contributed by atoms with E-state index in [9.17, 15) is 0 Å². The number of fused-ring (bicyclic) bond motifs is 1. The summed E-state index contributed by atoms with van der Waals surface area (Å²) in [6.07, 6.45) is 5.19. The molecule has 5 nitrogen and oxygen atoms in total. The van der Waals surface area contributed by atoms with E-state index < -0.39 is 0 Å². The molecule has 0 radical (unpaired) electrons. The number of ether oxygens (including phenoxy) is 1. The van der Waals surface area contributed by atoms with Crippen LogP contribution in [0.15, 0.2) is 42.9 Å². The van der Waals surface area contributed by atoms with Crippen molar-refractivity contribution in [1.82, 2.24) is 19.6 Å². The normalized spacial score (nSPS) is 10.7. The van der Waals surface area contributed by atoms with Crippen molar-refractivity contribution in [3.63, 3.8) is 0 Å². The number of nitrogens with zero attached hydrogens (tertiary/aromatic N) is 4. The molecule has 0 saturated carbocycles. The molecule has 0 bridgehead atoms. The fourth-order valence-corrected chi connectivity index (χ4v) is 1.81. The highest BCUT2D eigenvalue weighted by molar-refractivity contribution is 6.33. The maximum Gasteiger partial charge on any atom is 0.179 e. The first-order valence-electron chi connectivity index (χ1n) is 5.35. The third-order valence-corrected chi connectivity index (χ3v) is 2.76. The van der Waals surface area contributed by atoms with Crippen molar-refractivity contribution in [3.8, 4) is 5.75 Å². The number of hydrogen-bond acceptors (Lipinski definition) is 4. The molecule has 0 aliphatic heterocycles. The first-order valence-corrected chi connectivity index (χ1v) is 5.73. The largest absolute Gasteiger partial charge is 0.484 e. The molecular formula is C12H9ClN4O. The summed E-state index contributed by atoms with van der Waals surface area (Å²) in [7, 11) is 0. The van der Waals surface area contributed by atoms with Gasteiger partial charge >= 0.3 is 0 Å². The molecule has 0 aromatic carbocycles. The summed E-state index contributed by atoms with van der Waals surface area (Å²) >= 11 is 6.01. The van der Waals surface area contributed by atoms with Gasteiger partial charge in [-0.05, 0) is 24.3 Å². The van der Waals surface area contributed by atoms with Crippen LogP contribution in [-0.4, -0.2) is 19.6 Å². The highest BCUT2D eigenvalue weighted by Crippen LogP contribution is 2.16. The lowest BCUT2D eigenvalue weighted by molar-refractivity contribution is 0.293. The van der Waals surface area contributed by atoms with Crippen LogP contribution in [0, 0.1) is 0 Å². The quantitative estimate of drug-likeness (QED) is 0.725. The van der Waals surface area contributed by atoms with Crippen LogP contribution in [0.2, 0.25) is 5.02 Å². The van der Waals surface area contributed by atoms with Gasteiger partial charge < -0.3 is 4.74 Å². The second kappa shape index (κ2) is 4.62. The van der Waals surface area contributed by atoms with Crippen molar-refractivity contribution < 1.29 is 4.74 Å². The molecule has 0 amide bonds. The van der Waals surface area contributed by atoms with E-state index in [1.54, 1.807) is 22.9 Å². The van der Waals surface area contributed by atoms with E-state index in [1.807, 2.05) is 24.4 Å². The maximum atomic E-state index is 6.01. The van der Waals surface area contributed by atoms with E-state index in [4.69, 9.17) is 16.3 Å². The lowest BCUT2D eigenvalue weighted by Gasteiger charge is -2.03. The predicted molar refractivity (Wildman–Crippen MR) is 66.6 cm³/mol. The molecule has 0 unspecified atom stereocenters. The van der Waals surface area contributed by atoms with Gasteiger partial charge in [-0.15, -0.1) is 10.2 Å². The topological polar surface area (TPSA) is 52.3 Å². The van der Waals surface area contributed by atoms with Gasteiger partial charge in [0.15, 0.2) is 11.5 Å². The minimum absolute atomic E-state index is 0.313. The Morgan fingerprint density at radius 2 is 2.17 bits per heavy atom. The number of rotatable bonds is 3. The minimum atomic E-state index is 0.313. The molecular weight excluding hydrogens is 252 g/mol. The van der Waals surface area contributed by atoms with Crippen molar-refractivity contribution in [3.05, 3.63) is 53.7 Å². The summed E-state index contributed by atoms with van der Waals surface area (Å²) < 4.78 is 7.37. The number of hydrogen-bond donors (Lipinski definition) is 0. The molecule has 0 aliphatic rings. The molecule has 0 fully saturated rings. The third kappa shape index (κ3) is 2.00. The first kappa shape index (κ1) is 11.0. The van der Waals surface area contributed by atoms with E-state index in [0.717, 1.165) is 0 Å². The summed E-state index contributed by atoms with van der Waals surface area (Å²) in [5, 5.41) is 8.64. The Balaban J connectivity index is 1.85. The van der Waals surface area contributed by atoms with Gasteiger partial charge in [-0.3, -0.25) is 9.38 Å².